The second-order valence-corrected chi connectivity index (χ2v) is 9.72. The molecule has 0 aliphatic carbocycles. The number of anilines is 3. The number of benzene rings is 2. The van der Waals surface area contributed by atoms with E-state index in [9.17, 15) is 8.42 Å². The van der Waals surface area contributed by atoms with Gasteiger partial charge >= 0.3 is 0 Å². The fraction of sp³-hybridized carbons (Fsp3) is 0.0500. The summed E-state index contributed by atoms with van der Waals surface area (Å²) < 4.78 is 28.8. The molecule has 0 aliphatic rings. The first-order chi connectivity index (χ1) is 16.3. The van der Waals surface area contributed by atoms with Crippen LogP contribution >= 0.6 is 35.4 Å². The molecule has 4 rings (SSSR count). The average molecular weight is 535 g/mol. The van der Waals surface area contributed by atoms with E-state index in [1.807, 2.05) is 6.07 Å². The maximum absolute atomic E-state index is 12.5. The minimum atomic E-state index is -3.83. The van der Waals surface area contributed by atoms with E-state index < -0.39 is 10.0 Å². The van der Waals surface area contributed by atoms with Crippen LogP contribution in [0.1, 0.15) is 5.56 Å². The number of nitrogens with one attached hydrogen (secondary N) is 3. The third-order valence-electron chi connectivity index (χ3n) is 4.32. The lowest BCUT2D eigenvalue weighted by Crippen LogP contribution is -2.20. The number of aromatic nitrogens is 5. The first kappa shape index (κ1) is 23.8. The third-order valence-corrected chi connectivity index (χ3v) is 6.46. The van der Waals surface area contributed by atoms with E-state index in [0.29, 0.717) is 22.3 Å². The van der Waals surface area contributed by atoms with Gasteiger partial charge in [-0.25, -0.2) is 32.8 Å². The zero-order valence-corrected chi connectivity index (χ0v) is 20.3. The van der Waals surface area contributed by atoms with Gasteiger partial charge in [-0.1, -0.05) is 29.3 Å². The van der Waals surface area contributed by atoms with Gasteiger partial charge in [0, 0.05) is 28.1 Å². The Kier molecular flexibility index (Phi) is 7.22. The molecule has 10 nitrogen and oxygen atoms in total. The smallest absolute Gasteiger partial charge is 0.264 e. The van der Waals surface area contributed by atoms with Gasteiger partial charge in [0.25, 0.3) is 10.0 Å². The zero-order valence-electron chi connectivity index (χ0n) is 17.2. The second kappa shape index (κ2) is 10.3. The standard InChI is InChI=1S/C20H16Cl2N8O2S2/c21-14-3-2-13(17(22)10-14)11-30-12-25-19(28-30)27-20(33)26-15-4-6-16(7-5-15)34(31,32)29-18-23-8-1-9-24-18/h1-10,12H,11H2,(H,23,24,29)(H2,26,27,28,33). The third kappa shape index (κ3) is 6.17. The molecule has 14 heteroatoms. The van der Waals surface area contributed by atoms with Crippen LogP contribution in [0.5, 0.6) is 0 Å². The lowest BCUT2D eigenvalue weighted by molar-refractivity contribution is 0.601. The van der Waals surface area contributed by atoms with Crippen LogP contribution in [0.25, 0.3) is 0 Å². The Bertz CT molecular complexity index is 1410. The molecule has 4 aromatic rings. The van der Waals surface area contributed by atoms with Crippen molar-refractivity contribution in [1.29, 1.82) is 0 Å². The van der Waals surface area contributed by atoms with Crippen molar-refractivity contribution in [1.82, 2.24) is 24.7 Å². The number of nitrogens with zero attached hydrogens (tertiary/aromatic N) is 5. The minimum absolute atomic E-state index is 0.0136. The fourth-order valence-corrected chi connectivity index (χ4v) is 4.40. The largest absolute Gasteiger partial charge is 0.332 e. The molecule has 0 unspecified atom stereocenters. The van der Waals surface area contributed by atoms with Crippen molar-refractivity contribution in [2.45, 2.75) is 11.4 Å². The van der Waals surface area contributed by atoms with Crippen molar-refractivity contribution in [3.8, 4) is 0 Å². The van der Waals surface area contributed by atoms with E-state index in [1.54, 1.807) is 41.3 Å². The van der Waals surface area contributed by atoms with E-state index >= 15 is 0 Å². The molecule has 0 bridgehead atoms. The Hall–Kier alpha value is -3.32. The lowest BCUT2D eigenvalue weighted by atomic mass is 10.2. The first-order valence-electron chi connectivity index (χ1n) is 9.60. The van der Waals surface area contributed by atoms with E-state index in [1.165, 1.54) is 24.5 Å². The van der Waals surface area contributed by atoms with E-state index in [0.717, 1.165) is 5.56 Å². The van der Waals surface area contributed by atoms with Crippen LogP contribution in [0.3, 0.4) is 0 Å². The molecule has 34 heavy (non-hydrogen) atoms. The molecule has 0 radical (unpaired) electrons. The second-order valence-electron chi connectivity index (χ2n) is 6.78. The fourth-order valence-electron chi connectivity index (χ4n) is 2.76. The molecule has 0 aliphatic heterocycles. The summed E-state index contributed by atoms with van der Waals surface area (Å²) in [5.74, 6) is 0.272. The molecule has 2 heterocycles. The van der Waals surface area contributed by atoms with E-state index in [4.69, 9.17) is 35.4 Å². The van der Waals surface area contributed by atoms with Crippen LogP contribution in [0, 0.1) is 0 Å². The van der Waals surface area contributed by atoms with Gasteiger partial charge in [-0.3, -0.25) is 5.32 Å². The summed E-state index contributed by atoms with van der Waals surface area (Å²) in [7, 11) is -3.83. The molecule has 2 aromatic carbocycles. The molecule has 0 fully saturated rings. The SMILES string of the molecule is O=S(=O)(Nc1ncccn1)c1ccc(NC(=S)Nc2ncn(Cc3ccc(Cl)cc3Cl)n2)cc1. The van der Waals surface area contributed by atoms with Crippen molar-refractivity contribution in [2.75, 3.05) is 15.4 Å². The molecule has 0 spiro atoms. The van der Waals surface area contributed by atoms with E-state index in [2.05, 4.69) is 35.4 Å². The van der Waals surface area contributed by atoms with Gasteiger partial charge in [-0.05, 0) is 60.2 Å². The molecule has 3 N–H and O–H groups in total. The molecule has 0 atom stereocenters. The molecule has 0 saturated heterocycles. The molecule has 174 valence electrons. The number of halogens is 2. The van der Waals surface area contributed by atoms with Gasteiger partial charge < -0.3 is 5.32 Å². The van der Waals surface area contributed by atoms with Gasteiger partial charge in [0.15, 0.2) is 5.11 Å². The van der Waals surface area contributed by atoms with Crippen molar-refractivity contribution in [2.24, 2.45) is 0 Å². The Balaban J connectivity index is 1.34. The summed E-state index contributed by atoms with van der Waals surface area (Å²) in [5, 5.41) is 11.5. The first-order valence-corrected chi connectivity index (χ1v) is 12.2. The molecule has 0 saturated carbocycles. The van der Waals surface area contributed by atoms with Crippen molar-refractivity contribution < 1.29 is 8.42 Å². The number of sulfonamides is 1. The molecule has 2 aromatic heterocycles. The quantitative estimate of drug-likeness (QED) is 0.301. The Morgan fingerprint density at radius 1 is 0.971 bits per heavy atom. The predicted molar refractivity (Wildman–Crippen MR) is 135 cm³/mol. The zero-order chi connectivity index (χ0) is 24.1. The van der Waals surface area contributed by atoms with Crippen LogP contribution in [0.15, 0.2) is 72.1 Å². The highest BCUT2D eigenvalue weighted by Crippen LogP contribution is 2.22. The number of hydrogen-bond donors (Lipinski definition) is 3. The van der Waals surface area contributed by atoms with Crippen LogP contribution in [0.2, 0.25) is 10.0 Å². The molecular formula is C20H16Cl2N8O2S2. The van der Waals surface area contributed by atoms with Gasteiger partial charge in [0.2, 0.25) is 11.9 Å². The minimum Gasteiger partial charge on any atom is -0.332 e. The maximum Gasteiger partial charge on any atom is 0.264 e. The summed E-state index contributed by atoms with van der Waals surface area (Å²) in [6, 6.07) is 12.8. The molecule has 0 amide bonds. The highest BCUT2D eigenvalue weighted by atomic mass is 35.5. The highest BCUT2D eigenvalue weighted by Gasteiger charge is 2.15. The van der Waals surface area contributed by atoms with Gasteiger partial charge in [-0.15, -0.1) is 5.10 Å². The van der Waals surface area contributed by atoms with Crippen molar-refractivity contribution >= 4 is 68.1 Å². The van der Waals surface area contributed by atoms with Crippen LogP contribution in [-0.2, 0) is 16.6 Å². The lowest BCUT2D eigenvalue weighted by Gasteiger charge is -2.10. The van der Waals surface area contributed by atoms with Crippen LogP contribution in [-0.4, -0.2) is 38.3 Å². The van der Waals surface area contributed by atoms with E-state index in [-0.39, 0.29) is 21.9 Å². The van der Waals surface area contributed by atoms with Gasteiger partial charge in [-0.2, -0.15) is 0 Å². The van der Waals surface area contributed by atoms with Crippen LogP contribution < -0.4 is 15.4 Å². The van der Waals surface area contributed by atoms with Crippen LogP contribution in [0.4, 0.5) is 17.6 Å². The monoisotopic (exact) mass is 534 g/mol. The summed E-state index contributed by atoms with van der Waals surface area (Å²) in [6.07, 6.45) is 4.42. The summed E-state index contributed by atoms with van der Waals surface area (Å²) in [6.45, 7) is 0.406. The summed E-state index contributed by atoms with van der Waals surface area (Å²) in [4.78, 5) is 11.9. The maximum atomic E-state index is 12.5. The number of hydrogen-bond acceptors (Lipinski definition) is 7. The predicted octanol–water partition coefficient (Wildman–Crippen LogP) is 4.03. The number of rotatable bonds is 7. The Labute approximate surface area is 210 Å². The Morgan fingerprint density at radius 3 is 2.41 bits per heavy atom. The normalized spacial score (nSPS) is 11.1. The van der Waals surface area contributed by atoms with Crippen molar-refractivity contribution in [3.63, 3.8) is 0 Å². The van der Waals surface area contributed by atoms with Crippen molar-refractivity contribution in [3.05, 3.63) is 82.9 Å². The number of thiocarbonyl (C=S) groups is 1. The average Bonchev–Trinajstić information content (AvgIpc) is 3.23. The molecular weight excluding hydrogens is 519 g/mol. The summed E-state index contributed by atoms with van der Waals surface area (Å²) in [5.41, 5.74) is 1.41. The van der Waals surface area contributed by atoms with Gasteiger partial charge in [0.1, 0.15) is 6.33 Å². The summed E-state index contributed by atoms with van der Waals surface area (Å²) >= 11 is 17.4. The highest BCUT2D eigenvalue weighted by molar-refractivity contribution is 7.92. The Morgan fingerprint density at radius 2 is 1.71 bits per heavy atom. The topological polar surface area (TPSA) is 127 Å². The van der Waals surface area contributed by atoms with Gasteiger partial charge in [0.05, 0.1) is 11.4 Å².